The van der Waals surface area contributed by atoms with Crippen molar-refractivity contribution < 1.29 is 17.9 Å². The van der Waals surface area contributed by atoms with E-state index >= 15 is 0 Å². The van der Waals surface area contributed by atoms with Crippen LogP contribution in [0.2, 0.25) is 0 Å². The van der Waals surface area contributed by atoms with Gasteiger partial charge in [-0.3, -0.25) is 0 Å². The predicted molar refractivity (Wildman–Crippen MR) is 76.6 cm³/mol. The Kier molecular flexibility index (Phi) is 5.45. The van der Waals surface area contributed by atoms with Gasteiger partial charge in [0, 0.05) is 31.6 Å². The molecule has 1 N–H and O–H groups in total. The Morgan fingerprint density at radius 3 is 2.86 bits per heavy atom. The van der Waals surface area contributed by atoms with Gasteiger partial charge >= 0.3 is 6.18 Å². The maximum Gasteiger partial charge on any atom is 0.393 e. The van der Waals surface area contributed by atoms with E-state index in [9.17, 15) is 13.2 Å². The van der Waals surface area contributed by atoms with Crippen molar-refractivity contribution in [2.75, 3.05) is 32.1 Å². The number of anilines is 1. The van der Waals surface area contributed by atoms with E-state index in [-0.39, 0.29) is 13.0 Å². The lowest BCUT2D eigenvalue weighted by molar-refractivity contribution is -0.175. The Hall–Kier alpha value is -0.860. The average molecular weight is 323 g/mol. The van der Waals surface area contributed by atoms with Gasteiger partial charge in [-0.05, 0) is 19.9 Å². The van der Waals surface area contributed by atoms with Crippen molar-refractivity contribution in [2.45, 2.75) is 32.2 Å². The van der Waals surface area contributed by atoms with Crippen molar-refractivity contribution in [3.63, 3.8) is 0 Å². The van der Waals surface area contributed by atoms with Gasteiger partial charge in [-0.1, -0.05) is 0 Å². The number of nitrogens with zero attached hydrogens (tertiary/aromatic N) is 2. The molecule has 1 saturated heterocycles. The first kappa shape index (κ1) is 16.5. The van der Waals surface area contributed by atoms with Crippen LogP contribution in [-0.4, -0.2) is 38.4 Å². The predicted octanol–water partition coefficient (Wildman–Crippen LogP) is 2.79. The molecule has 1 aromatic rings. The number of ether oxygens (including phenoxy) is 1. The van der Waals surface area contributed by atoms with Crippen LogP contribution in [0.1, 0.15) is 23.4 Å². The van der Waals surface area contributed by atoms with Crippen molar-refractivity contribution in [1.29, 1.82) is 0 Å². The molecule has 1 aliphatic heterocycles. The SMILES string of the molecule is CNCc1sc(N2CCCC(C(F)(F)F)C2)nc1COC. The first-order valence-electron chi connectivity index (χ1n) is 6.89. The van der Waals surface area contributed by atoms with Gasteiger partial charge in [0.25, 0.3) is 0 Å². The number of aromatic nitrogens is 1. The lowest BCUT2D eigenvalue weighted by Crippen LogP contribution is -2.41. The van der Waals surface area contributed by atoms with Crippen LogP contribution in [-0.2, 0) is 17.9 Å². The molecule has 2 heterocycles. The summed E-state index contributed by atoms with van der Waals surface area (Å²) in [5, 5.41) is 3.72. The van der Waals surface area contributed by atoms with Crippen molar-refractivity contribution in [1.82, 2.24) is 10.3 Å². The summed E-state index contributed by atoms with van der Waals surface area (Å²) in [6, 6.07) is 0. The van der Waals surface area contributed by atoms with E-state index in [1.54, 1.807) is 12.0 Å². The second kappa shape index (κ2) is 6.93. The van der Waals surface area contributed by atoms with Gasteiger partial charge in [-0.2, -0.15) is 13.2 Å². The van der Waals surface area contributed by atoms with Crippen LogP contribution in [0.4, 0.5) is 18.3 Å². The Balaban J connectivity index is 2.15. The molecule has 0 radical (unpaired) electrons. The van der Waals surface area contributed by atoms with Crippen molar-refractivity contribution >= 4 is 16.5 Å². The molecule has 1 unspecified atom stereocenters. The summed E-state index contributed by atoms with van der Waals surface area (Å²) >= 11 is 1.45. The first-order valence-corrected chi connectivity index (χ1v) is 7.71. The molecular formula is C13H20F3N3OS. The Bertz CT molecular complexity index is 441. The van der Waals surface area contributed by atoms with Gasteiger partial charge in [0.1, 0.15) is 0 Å². The van der Waals surface area contributed by atoms with Gasteiger partial charge in [-0.15, -0.1) is 11.3 Å². The third kappa shape index (κ3) is 4.08. The fraction of sp³-hybridized carbons (Fsp3) is 0.769. The Labute approximate surface area is 126 Å². The number of hydrogen-bond donors (Lipinski definition) is 1. The third-order valence-corrected chi connectivity index (χ3v) is 4.70. The number of methoxy groups -OCH3 is 1. The van der Waals surface area contributed by atoms with Crippen molar-refractivity contribution in [3.8, 4) is 0 Å². The summed E-state index contributed by atoms with van der Waals surface area (Å²) in [6.45, 7) is 1.66. The Morgan fingerprint density at radius 1 is 1.48 bits per heavy atom. The Morgan fingerprint density at radius 2 is 2.24 bits per heavy atom. The van der Waals surface area contributed by atoms with E-state index in [4.69, 9.17) is 4.74 Å². The molecule has 1 fully saturated rings. The standard InChI is InChI=1S/C13H20F3N3OS/c1-17-6-11-10(8-20-2)18-12(21-11)19-5-3-4-9(7-19)13(14,15)16/h9,17H,3-8H2,1-2H3. The normalized spacial score (nSPS) is 20.0. The van der Waals surface area contributed by atoms with Crippen LogP contribution in [0, 0.1) is 5.92 Å². The highest BCUT2D eigenvalue weighted by Crippen LogP contribution is 2.36. The minimum Gasteiger partial charge on any atom is -0.378 e. The van der Waals surface area contributed by atoms with Gasteiger partial charge in [0.15, 0.2) is 5.13 Å². The number of piperidine rings is 1. The molecule has 4 nitrogen and oxygen atoms in total. The van der Waals surface area contributed by atoms with E-state index in [1.165, 1.54) is 11.3 Å². The van der Waals surface area contributed by atoms with Crippen molar-refractivity contribution in [3.05, 3.63) is 10.6 Å². The molecule has 0 saturated carbocycles. The topological polar surface area (TPSA) is 37.4 Å². The molecule has 0 bridgehead atoms. The van der Waals surface area contributed by atoms with Crippen LogP contribution in [0.25, 0.3) is 0 Å². The molecular weight excluding hydrogens is 303 g/mol. The number of rotatable bonds is 5. The molecule has 120 valence electrons. The fourth-order valence-electron chi connectivity index (χ4n) is 2.47. The lowest BCUT2D eigenvalue weighted by Gasteiger charge is -2.33. The fourth-order valence-corrected chi connectivity index (χ4v) is 3.58. The highest BCUT2D eigenvalue weighted by Gasteiger charge is 2.42. The molecule has 2 rings (SSSR count). The number of thiazole rings is 1. The van der Waals surface area contributed by atoms with Gasteiger partial charge in [-0.25, -0.2) is 4.98 Å². The maximum absolute atomic E-state index is 12.9. The summed E-state index contributed by atoms with van der Waals surface area (Å²) < 4.78 is 43.8. The van der Waals surface area contributed by atoms with Crippen LogP contribution in [0.15, 0.2) is 0 Å². The van der Waals surface area contributed by atoms with E-state index in [0.29, 0.717) is 31.2 Å². The average Bonchev–Trinajstić information content (AvgIpc) is 2.82. The second-order valence-corrected chi connectivity index (χ2v) is 6.22. The summed E-state index contributed by atoms with van der Waals surface area (Å²) in [5.41, 5.74) is 0.806. The molecule has 8 heteroatoms. The van der Waals surface area contributed by atoms with Crippen LogP contribution < -0.4 is 10.2 Å². The highest BCUT2D eigenvalue weighted by molar-refractivity contribution is 7.15. The van der Waals surface area contributed by atoms with Crippen LogP contribution >= 0.6 is 11.3 Å². The third-order valence-electron chi connectivity index (χ3n) is 3.54. The van der Waals surface area contributed by atoms with E-state index in [0.717, 1.165) is 10.6 Å². The summed E-state index contributed by atoms with van der Waals surface area (Å²) in [5.74, 6) is -1.26. The van der Waals surface area contributed by atoms with Crippen LogP contribution in [0.5, 0.6) is 0 Å². The first-order chi connectivity index (χ1) is 9.95. The largest absolute Gasteiger partial charge is 0.393 e. The number of hydrogen-bond acceptors (Lipinski definition) is 5. The summed E-state index contributed by atoms with van der Waals surface area (Å²) in [6.07, 6.45) is -3.37. The zero-order valence-corrected chi connectivity index (χ0v) is 13.0. The summed E-state index contributed by atoms with van der Waals surface area (Å²) in [7, 11) is 3.42. The zero-order valence-electron chi connectivity index (χ0n) is 12.2. The number of halogens is 3. The molecule has 1 aliphatic rings. The van der Waals surface area contributed by atoms with E-state index in [2.05, 4.69) is 10.3 Å². The van der Waals surface area contributed by atoms with Crippen molar-refractivity contribution in [2.24, 2.45) is 5.92 Å². The van der Waals surface area contributed by atoms with Crippen LogP contribution in [0.3, 0.4) is 0 Å². The van der Waals surface area contributed by atoms with Gasteiger partial charge in [0.05, 0.1) is 18.2 Å². The zero-order chi connectivity index (χ0) is 15.5. The molecule has 0 aliphatic carbocycles. The minimum atomic E-state index is -4.13. The smallest absolute Gasteiger partial charge is 0.378 e. The van der Waals surface area contributed by atoms with E-state index in [1.807, 2.05) is 7.05 Å². The number of nitrogens with one attached hydrogen (secondary N) is 1. The molecule has 0 spiro atoms. The van der Waals surface area contributed by atoms with E-state index < -0.39 is 12.1 Å². The molecule has 1 atom stereocenters. The van der Waals surface area contributed by atoms with Gasteiger partial charge < -0.3 is 15.0 Å². The summed E-state index contributed by atoms with van der Waals surface area (Å²) in [4.78, 5) is 7.24. The lowest BCUT2D eigenvalue weighted by atomic mass is 9.98. The minimum absolute atomic E-state index is 0.00241. The molecule has 0 aromatic carbocycles. The monoisotopic (exact) mass is 323 g/mol. The molecule has 1 aromatic heterocycles. The molecule has 0 amide bonds. The van der Waals surface area contributed by atoms with Gasteiger partial charge in [0.2, 0.25) is 0 Å². The maximum atomic E-state index is 12.9. The quantitative estimate of drug-likeness (QED) is 0.904. The second-order valence-electron chi connectivity index (χ2n) is 5.16. The highest BCUT2D eigenvalue weighted by atomic mass is 32.1. The number of alkyl halides is 3. The molecule has 21 heavy (non-hydrogen) atoms.